The SMILES string of the molecule is NC(=O)CCN(C(=O)CN1CCN(Cc2ccc(Cl)cc2)CC1)c1ccc(F)cc1. The Bertz CT molecular complexity index is 852. The molecule has 1 aliphatic rings. The molecule has 2 N–H and O–H groups in total. The van der Waals surface area contributed by atoms with Gasteiger partial charge in [0.25, 0.3) is 0 Å². The van der Waals surface area contributed by atoms with Crippen LogP contribution in [0.25, 0.3) is 0 Å². The van der Waals surface area contributed by atoms with Gasteiger partial charge in [-0.3, -0.25) is 19.4 Å². The number of hydrogen-bond acceptors (Lipinski definition) is 4. The van der Waals surface area contributed by atoms with Crippen LogP contribution in [0.15, 0.2) is 48.5 Å². The van der Waals surface area contributed by atoms with Crippen molar-refractivity contribution in [3.05, 3.63) is 64.9 Å². The number of carbonyl (C=O) groups excluding carboxylic acids is 2. The summed E-state index contributed by atoms with van der Waals surface area (Å²) < 4.78 is 13.3. The van der Waals surface area contributed by atoms with E-state index in [1.165, 1.54) is 34.7 Å². The summed E-state index contributed by atoms with van der Waals surface area (Å²) in [6, 6.07) is 13.5. The minimum atomic E-state index is -0.481. The van der Waals surface area contributed by atoms with Gasteiger partial charge >= 0.3 is 0 Å². The molecule has 0 spiro atoms. The first-order chi connectivity index (χ1) is 14.4. The highest BCUT2D eigenvalue weighted by atomic mass is 35.5. The largest absolute Gasteiger partial charge is 0.370 e. The fourth-order valence-electron chi connectivity index (χ4n) is 3.47. The van der Waals surface area contributed by atoms with E-state index in [2.05, 4.69) is 9.80 Å². The highest BCUT2D eigenvalue weighted by Gasteiger charge is 2.23. The summed E-state index contributed by atoms with van der Waals surface area (Å²) in [4.78, 5) is 30.1. The van der Waals surface area contributed by atoms with Crippen LogP contribution in [0.4, 0.5) is 10.1 Å². The quantitative estimate of drug-likeness (QED) is 0.695. The van der Waals surface area contributed by atoms with Gasteiger partial charge in [-0.25, -0.2) is 4.39 Å². The molecule has 1 fully saturated rings. The zero-order chi connectivity index (χ0) is 21.5. The van der Waals surface area contributed by atoms with Crippen molar-refractivity contribution >= 4 is 29.1 Å². The number of nitrogens with zero attached hydrogens (tertiary/aromatic N) is 3. The van der Waals surface area contributed by atoms with Gasteiger partial charge < -0.3 is 10.6 Å². The van der Waals surface area contributed by atoms with Crippen LogP contribution in [-0.2, 0) is 16.1 Å². The van der Waals surface area contributed by atoms with Gasteiger partial charge in [-0.15, -0.1) is 0 Å². The Morgan fingerprint density at radius 2 is 1.57 bits per heavy atom. The van der Waals surface area contributed by atoms with Crippen LogP contribution in [0.5, 0.6) is 0 Å². The summed E-state index contributed by atoms with van der Waals surface area (Å²) in [7, 11) is 0. The molecule has 1 aliphatic heterocycles. The van der Waals surface area contributed by atoms with Crippen LogP contribution in [0, 0.1) is 5.82 Å². The second kappa shape index (κ2) is 10.5. The van der Waals surface area contributed by atoms with Gasteiger partial charge in [-0.2, -0.15) is 0 Å². The number of amides is 2. The lowest BCUT2D eigenvalue weighted by molar-refractivity contribution is -0.120. The van der Waals surface area contributed by atoms with E-state index in [1.54, 1.807) is 0 Å². The van der Waals surface area contributed by atoms with E-state index in [4.69, 9.17) is 17.3 Å². The van der Waals surface area contributed by atoms with Crippen molar-refractivity contribution in [2.75, 3.05) is 44.2 Å². The molecule has 0 atom stereocenters. The van der Waals surface area contributed by atoms with Gasteiger partial charge in [0.15, 0.2) is 0 Å². The number of nitrogens with two attached hydrogens (primary N) is 1. The van der Waals surface area contributed by atoms with Crippen molar-refractivity contribution in [2.45, 2.75) is 13.0 Å². The third-order valence-corrected chi connectivity index (χ3v) is 5.42. The van der Waals surface area contributed by atoms with Crippen molar-refractivity contribution < 1.29 is 14.0 Å². The normalized spacial score (nSPS) is 15.1. The number of carbonyl (C=O) groups is 2. The van der Waals surface area contributed by atoms with Crippen LogP contribution in [-0.4, -0.2) is 60.9 Å². The summed E-state index contributed by atoms with van der Waals surface area (Å²) in [6.45, 7) is 4.51. The fourth-order valence-corrected chi connectivity index (χ4v) is 3.60. The van der Waals surface area contributed by atoms with Gasteiger partial charge in [0, 0.05) is 56.4 Å². The molecular formula is C22H26ClFN4O2. The number of halogens is 2. The molecule has 8 heteroatoms. The average Bonchev–Trinajstić information content (AvgIpc) is 2.72. The van der Waals surface area contributed by atoms with Gasteiger partial charge in [-0.05, 0) is 42.0 Å². The third kappa shape index (κ3) is 6.52. The monoisotopic (exact) mass is 432 g/mol. The van der Waals surface area contributed by atoms with Crippen LogP contribution < -0.4 is 10.6 Å². The van der Waals surface area contributed by atoms with E-state index in [-0.39, 0.29) is 31.2 Å². The molecule has 0 radical (unpaired) electrons. The van der Waals surface area contributed by atoms with Gasteiger partial charge in [0.05, 0.1) is 6.54 Å². The molecule has 2 amide bonds. The Kier molecular flexibility index (Phi) is 7.79. The van der Waals surface area contributed by atoms with E-state index in [1.807, 2.05) is 24.3 Å². The lowest BCUT2D eigenvalue weighted by atomic mass is 10.2. The first-order valence-corrected chi connectivity index (χ1v) is 10.3. The molecule has 3 rings (SSSR count). The highest BCUT2D eigenvalue weighted by Crippen LogP contribution is 2.17. The molecule has 0 bridgehead atoms. The van der Waals surface area contributed by atoms with Crippen molar-refractivity contribution in [1.29, 1.82) is 0 Å². The minimum absolute atomic E-state index is 0.0536. The number of piperazine rings is 1. The Morgan fingerprint density at radius 3 is 2.17 bits per heavy atom. The Hall–Kier alpha value is -2.48. The number of hydrogen-bond donors (Lipinski definition) is 1. The third-order valence-electron chi connectivity index (χ3n) is 5.16. The molecule has 2 aromatic carbocycles. The smallest absolute Gasteiger partial charge is 0.241 e. The van der Waals surface area contributed by atoms with E-state index in [0.29, 0.717) is 5.69 Å². The molecule has 2 aromatic rings. The molecule has 1 heterocycles. The van der Waals surface area contributed by atoms with E-state index >= 15 is 0 Å². The second-order valence-corrected chi connectivity index (χ2v) is 7.85. The van der Waals surface area contributed by atoms with Gasteiger partial charge in [0.1, 0.15) is 5.82 Å². The van der Waals surface area contributed by atoms with Crippen LogP contribution >= 0.6 is 11.6 Å². The number of primary amides is 1. The molecule has 6 nitrogen and oxygen atoms in total. The van der Waals surface area contributed by atoms with Crippen molar-refractivity contribution in [2.24, 2.45) is 5.73 Å². The Labute approximate surface area is 181 Å². The zero-order valence-electron chi connectivity index (χ0n) is 16.8. The fraction of sp³-hybridized carbons (Fsp3) is 0.364. The maximum Gasteiger partial charge on any atom is 0.241 e. The van der Waals surface area contributed by atoms with Gasteiger partial charge in [-0.1, -0.05) is 23.7 Å². The standard InChI is InChI=1S/C22H26ClFN4O2/c23-18-3-1-17(2-4-18)15-26-11-13-27(14-12-26)16-22(30)28(10-9-21(25)29)20-7-5-19(24)6-8-20/h1-8H,9-16H2,(H2,25,29). The second-order valence-electron chi connectivity index (χ2n) is 7.42. The maximum absolute atomic E-state index is 13.3. The van der Waals surface area contributed by atoms with E-state index in [9.17, 15) is 14.0 Å². The lowest BCUT2D eigenvalue weighted by Gasteiger charge is -2.35. The summed E-state index contributed by atoms with van der Waals surface area (Å²) in [5, 5.41) is 0.726. The van der Waals surface area contributed by atoms with Crippen molar-refractivity contribution in [3.8, 4) is 0 Å². The molecule has 160 valence electrons. The predicted octanol–water partition coefficient (Wildman–Crippen LogP) is 2.51. The Balaban J connectivity index is 1.54. The summed E-state index contributed by atoms with van der Waals surface area (Å²) in [5.41, 5.74) is 7.02. The zero-order valence-corrected chi connectivity index (χ0v) is 17.5. The predicted molar refractivity (Wildman–Crippen MR) is 116 cm³/mol. The summed E-state index contributed by atoms with van der Waals surface area (Å²) >= 11 is 5.94. The first-order valence-electron chi connectivity index (χ1n) is 9.94. The highest BCUT2D eigenvalue weighted by molar-refractivity contribution is 6.30. The molecule has 0 aliphatic carbocycles. The minimum Gasteiger partial charge on any atom is -0.370 e. The molecule has 0 aromatic heterocycles. The van der Waals surface area contributed by atoms with Crippen LogP contribution in [0.2, 0.25) is 5.02 Å². The lowest BCUT2D eigenvalue weighted by Crippen LogP contribution is -2.50. The molecule has 0 saturated carbocycles. The van der Waals surface area contributed by atoms with Crippen molar-refractivity contribution in [1.82, 2.24) is 9.80 Å². The number of benzene rings is 2. The molecule has 0 unspecified atom stereocenters. The van der Waals surface area contributed by atoms with E-state index in [0.717, 1.165) is 37.7 Å². The first kappa shape index (κ1) is 22.2. The van der Waals surface area contributed by atoms with Crippen LogP contribution in [0.3, 0.4) is 0 Å². The van der Waals surface area contributed by atoms with E-state index < -0.39 is 5.91 Å². The average molecular weight is 433 g/mol. The molecular weight excluding hydrogens is 407 g/mol. The topological polar surface area (TPSA) is 69.9 Å². The number of anilines is 1. The molecule has 30 heavy (non-hydrogen) atoms. The van der Waals surface area contributed by atoms with Gasteiger partial charge in [0.2, 0.25) is 11.8 Å². The van der Waals surface area contributed by atoms with Crippen molar-refractivity contribution in [3.63, 3.8) is 0 Å². The number of rotatable bonds is 8. The molecule has 1 saturated heterocycles. The maximum atomic E-state index is 13.3. The Morgan fingerprint density at radius 1 is 0.967 bits per heavy atom. The van der Waals surface area contributed by atoms with Crippen LogP contribution in [0.1, 0.15) is 12.0 Å². The summed E-state index contributed by atoms with van der Waals surface area (Å²) in [5.74, 6) is -0.988. The summed E-state index contributed by atoms with van der Waals surface area (Å²) in [6.07, 6.45) is 0.0536.